The van der Waals surface area contributed by atoms with Crippen molar-refractivity contribution in [3.8, 4) is 5.75 Å². The first-order chi connectivity index (χ1) is 15.5. The van der Waals surface area contributed by atoms with Crippen molar-refractivity contribution in [1.29, 1.82) is 0 Å². The minimum absolute atomic E-state index is 0.00251. The van der Waals surface area contributed by atoms with Gasteiger partial charge in [0, 0.05) is 19.0 Å². The number of ether oxygens (including phenoxy) is 1. The highest BCUT2D eigenvalue weighted by molar-refractivity contribution is 6.33. The number of aliphatic hydroxyl groups is 1. The summed E-state index contributed by atoms with van der Waals surface area (Å²) in [5, 5.41) is 12.4. The predicted octanol–water partition coefficient (Wildman–Crippen LogP) is 2.31. The van der Waals surface area contributed by atoms with Crippen molar-refractivity contribution in [3.63, 3.8) is 0 Å². The Morgan fingerprint density at radius 1 is 1.28 bits per heavy atom. The van der Waals surface area contributed by atoms with Crippen LogP contribution in [-0.2, 0) is 16.1 Å². The van der Waals surface area contributed by atoms with E-state index < -0.39 is 5.56 Å². The minimum atomic E-state index is -0.400. The van der Waals surface area contributed by atoms with E-state index in [1.165, 1.54) is 11.0 Å². The second-order valence-electron chi connectivity index (χ2n) is 8.20. The molecule has 1 aromatic carbocycles. The average molecular weight is 463 g/mol. The molecule has 2 aliphatic rings. The number of anilines is 1. The fourth-order valence-electron chi connectivity index (χ4n) is 4.50. The summed E-state index contributed by atoms with van der Waals surface area (Å²) in [5.41, 5.74) is -0.0197. The molecule has 172 valence electrons. The van der Waals surface area contributed by atoms with Gasteiger partial charge < -0.3 is 14.7 Å². The monoisotopic (exact) mass is 462 g/mol. The first kappa shape index (κ1) is 22.5. The van der Waals surface area contributed by atoms with E-state index in [0.29, 0.717) is 18.5 Å². The van der Waals surface area contributed by atoms with Crippen LogP contribution in [0.4, 0.5) is 5.95 Å². The molecule has 2 N–H and O–H groups in total. The molecule has 1 aromatic heterocycles. The number of benzene rings is 1. The van der Waals surface area contributed by atoms with Crippen molar-refractivity contribution in [2.75, 3.05) is 25.1 Å². The fraction of sp³-hybridized carbons (Fsp3) is 0.545. The molecule has 0 unspecified atom stereocenters. The number of fused-ring (bicyclic) bond motifs is 2. The molecule has 4 rings (SSSR count). The van der Waals surface area contributed by atoms with E-state index >= 15 is 0 Å². The smallest absolute Gasteiger partial charge is 0.267 e. The van der Waals surface area contributed by atoms with Crippen LogP contribution in [0.3, 0.4) is 0 Å². The zero-order chi connectivity index (χ0) is 22.7. The number of rotatable bonds is 8. The van der Waals surface area contributed by atoms with E-state index in [9.17, 15) is 19.5 Å². The number of amides is 2. The van der Waals surface area contributed by atoms with Crippen LogP contribution in [-0.4, -0.2) is 57.2 Å². The van der Waals surface area contributed by atoms with Gasteiger partial charge in [-0.2, -0.15) is 0 Å². The van der Waals surface area contributed by atoms with Crippen molar-refractivity contribution in [2.24, 2.45) is 0 Å². The van der Waals surface area contributed by atoms with Crippen molar-refractivity contribution in [3.05, 3.63) is 27.5 Å². The van der Waals surface area contributed by atoms with Crippen molar-refractivity contribution < 1.29 is 19.4 Å². The van der Waals surface area contributed by atoms with Gasteiger partial charge >= 0.3 is 0 Å². The lowest BCUT2D eigenvalue weighted by Crippen LogP contribution is -2.43. The SMILES string of the molecule is O=C1Cn2c(nc3ccc(Cl)c(OCCCC(=O)N(CCO)C4CCCCC4)c3c2=O)N1. The maximum Gasteiger partial charge on any atom is 0.267 e. The summed E-state index contributed by atoms with van der Waals surface area (Å²) in [6.45, 7) is 0.392. The topological polar surface area (TPSA) is 114 Å². The fourth-order valence-corrected chi connectivity index (χ4v) is 4.71. The summed E-state index contributed by atoms with van der Waals surface area (Å²) in [6.07, 6.45) is 6.09. The number of nitrogens with zero attached hydrogens (tertiary/aromatic N) is 3. The highest BCUT2D eigenvalue weighted by Crippen LogP contribution is 2.32. The van der Waals surface area contributed by atoms with E-state index in [2.05, 4.69) is 10.3 Å². The van der Waals surface area contributed by atoms with Crippen LogP contribution in [0.1, 0.15) is 44.9 Å². The highest BCUT2D eigenvalue weighted by atomic mass is 35.5. The van der Waals surface area contributed by atoms with E-state index in [1.54, 1.807) is 17.0 Å². The number of aliphatic hydroxyl groups excluding tert-OH is 1. The first-order valence-electron chi connectivity index (χ1n) is 11.1. The summed E-state index contributed by atoms with van der Waals surface area (Å²) in [4.78, 5) is 43.5. The number of hydrogen-bond donors (Lipinski definition) is 2. The Hall–Kier alpha value is -2.65. The molecule has 0 spiro atoms. The lowest BCUT2D eigenvalue weighted by atomic mass is 9.94. The number of carbonyl (C=O) groups is 2. The van der Waals surface area contributed by atoms with Gasteiger partial charge in [-0.05, 0) is 31.4 Å². The molecule has 0 radical (unpaired) electrons. The molecular weight excluding hydrogens is 436 g/mol. The molecule has 1 saturated carbocycles. The first-order valence-corrected chi connectivity index (χ1v) is 11.4. The van der Waals surface area contributed by atoms with Crippen LogP contribution in [0.25, 0.3) is 10.9 Å². The summed E-state index contributed by atoms with van der Waals surface area (Å²) >= 11 is 6.30. The molecule has 1 fully saturated rings. The van der Waals surface area contributed by atoms with Gasteiger partial charge in [0.15, 0.2) is 5.75 Å². The Morgan fingerprint density at radius 3 is 2.81 bits per heavy atom. The lowest BCUT2D eigenvalue weighted by molar-refractivity contribution is -0.135. The van der Waals surface area contributed by atoms with Gasteiger partial charge in [-0.3, -0.25) is 24.3 Å². The second-order valence-corrected chi connectivity index (χ2v) is 8.61. The molecule has 2 heterocycles. The molecule has 2 aromatic rings. The minimum Gasteiger partial charge on any atom is -0.491 e. The Kier molecular flexibility index (Phi) is 6.95. The molecule has 2 amide bonds. The molecule has 0 saturated heterocycles. The quantitative estimate of drug-likeness (QED) is 0.582. The molecule has 0 atom stereocenters. The molecule has 0 bridgehead atoms. The summed E-state index contributed by atoms with van der Waals surface area (Å²) in [7, 11) is 0. The zero-order valence-corrected chi connectivity index (χ0v) is 18.6. The average Bonchev–Trinajstić information content (AvgIpc) is 3.17. The van der Waals surface area contributed by atoms with Gasteiger partial charge in [-0.25, -0.2) is 4.98 Å². The zero-order valence-electron chi connectivity index (χ0n) is 17.8. The number of halogens is 1. The van der Waals surface area contributed by atoms with Gasteiger partial charge in [0.05, 0.1) is 23.8 Å². The van der Waals surface area contributed by atoms with Gasteiger partial charge in [0.25, 0.3) is 5.56 Å². The Morgan fingerprint density at radius 2 is 2.06 bits per heavy atom. The summed E-state index contributed by atoms with van der Waals surface area (Å²) < 4.78 is 7.10. The predicted molar refractivity (Wildman–Crippen MR) is 120 cm³/mol. The molecule has 1 aliphatic carbocycles. The van der Waals surface area contributed by atoms with Gasteiger partial charge in [0.2, 0.25) is 17.8 Å². The molecule has 32 heavy (non-hydrogen) atoms. The van der Waals surface area contributed by atoms with E-state index in [1.807, 2.05) is 0 Å². The number of aromatic nitrogens is 2. The van der Waals surface area contributed by atoms with Gasteiger partial charge in [0.1, 0.15) is 11.9 Å². The van der Waals surface area contributed by atoms with E-state index in [0.717, 1.165) is 25.7 Å². The maximum atomic E-state index is 12.9. The van der Waals surface area contributed by atoms with Crippen LogP contribution >= 0.6 is 11.6 Å². The van der Waals surface area contributed by atoms with Crippen LogP contribution in [0, 0.1) is 0 Å². The Labute approximate surface area is 190 Å². The van der Waals surface area contributed by atoms with Crippen LogP contribution in [0.5, 0.6) is 5.75 Å². The van der Waals surface area contributed by atoms with Crippen molar-refractivity contribution in [2.45, 2.75) is 57.5 Å². The summed E-state index contributed by atoms with van der Waals surface area (Å²) in [5.74, 6) is 0.117. The highest BCUT2D eigenvalue weighted by Gasteiger charge is 2.26. The second kappa shape index (κ2) is 9.87. The normalized spacial score (nSPS) is 16.1. The largest absolute Gasteiger partial charge is 0.491 e. The van der Waals surface area contributed by atoms with Crippen LogP contribution < -0.4 is 15.6 Å². The van der Waals surface area contributed by atoms with Crippen LogP contribution in [0.2, 0.25) is 5.02 Å². The lowest BCUT2D eigenvalue weighted by Gasteiger charge is -2.34. The third-order valence-electron chi connectivity index (χ3n) is 6.04. The standard InChI is InChI=1S/C22H27ClN4O5/c23-15-8-9-16-19(21(31)27-13-17(29)25-22(27)24-16)20(15)32-12-4-7-18(30)26(10-11-28)14-5-2-1-3-6-14/h8-9,14,28H,1-7,10-13H2,(H,24,25,29). The van der Waals surface area contributed by atoms with E-state index in [4.69, 9.17) is 16.3 Å². The van der Waals surface area contributed by atoms with Crippen molar-refractivity contribution >= 4 is 40.3 Å². The third-order valence-corrected chi connectivity index (χ3v) is 6.34. The summed E-state index contributed by atoms with van der Waals surface area (Å²) in [6, 6.07) is 3.40. The van der Waals surface area contributed by atoms with Gasteiger partial charge in [-0.1, -0.05) is 30.9 Å². The number of hydrogen-bond acceptors (Lipinski definition) is 6. The number of nitrogens with one attached hydrogen (secondary N) is 1. The Balaban J connectivity index is 1.44. The Bertz CT molecular complexity index is 1080. The maximum absolute atomic E-state index is 12.9. The number of carbonyl (C=O) groups excluding carboxylic acids is 2. The van der Waals surface area contributed by atoms with Crippen molar-refractivity contribution in [1.82, 2.24) is 14.5 Å². The van der Waals surface area contributed by atoms with Crippen LogP contribution in [0.15, 0.2) is 16.9 Å². The molecule has 10 heteroatoms. The van der Waals surface area contributed by atoms with Gasteiger partial charge in [-0.15, -0.1) is 0 Å². The molecular formula is C22H27ClN4O5. The molecule has 1 aliphatic heterocycles. The molecule has 9 nitrogen and oxygen atoms in total. The van der Waals surface area contributed by atoms with E-state index in [-0.39, 0.29) is 66.1 Å². The third kappa shape index (κ3) is 4.59.